The van der Waals surface area contributed by atoms with Gasteiger partial charge in [0.2, 0.25) is 17.8 Å². The Bertz CT molecular complexity index is 1170. The maximum Gasteiger partial charge on any atom is 0.247 e. The topological polar surface area (TPSA) is 112 Å². The molecule has 0 spiro atoms. The van der Waals surface area contributed by atoms with Gasteiger partial charge < -0.3 is 20.1 Å². The molecule has 9 nitrogen and oxygen atoms in total. The average Bonchev–Trinajstić information content (AvgIpc) is 3.11. The number of fused-ring (bicyclic) bond motifs is 1. The van der Waals surface area contributed by atoms with Gasteiger partial charge in [-0.05, 0) is 30.7 Å². The number of alkyl halides is 1. The Labute approximate surface area is 178 Å². The van der Waals surface area contributed by atoms with Gasteiger partial charge in [-0.2, -0.15) is 5.26 Å². The third-order valence-corrected chi connectivity index (χ3v) is 5.22. The molecule has 0 bridgehead atoms. The van der Waals surface area contributed by atoms with Crippen LogP contribution in [0.4, 0.5) is 22.0 Å². The molecule has 0 unspecified atom stereocenters. The van der Waals surface area contributed by atoms with Crippen LogP contribution in [0, 0.1) is 11.3 Å². The smallest absolute Gasteiger partial charge is 0.247 e. The van der Waals surface area contributed by atoms with Gasteiger partial charge in [-0.25, -0.2) is 19.3 Å². The number of anilines is 3. The molecule has 10 heteroatoms. The van der Waals surface area contributed by atoms with Crippen molar-refractivity contribution in [3.05, 3.63) is 48.8 Å². The summed E-state index contributed by atoms with van der Waals surface area (Å²) in [7, 11) is 1.90. The van der Waals surface area contributed by atoms with Crippen molar-refractivity contribution in [2.45, 2.75) is 18.6 Å². The minimum Gasteiger partial charge on any atom is -0.347 e. The minimum atomic E-state index is -1.06. The van der Waals surface area contributed by atoms with Gasteiger partial charge in [0.25, 0.3) is 0 Å². The molecule has 4 rings (SSSR count). The standard InChI is InChI=1S/C21H21FN8O/c1-3-19(31)26-14-4-5-18-16(8-14)28-21(29(18)2)30-7-6-15(22)17(12-30)27-20-24-10-13(9-23)11-25-20/h3-5,8,10-11,15,17H,1,6-7,12H2,2H3,(H,26,31)(H,24,25,27)/t15-,17+/m1/s1. The maximum atomic E-state index is 14.6. The molecule has 158 valence electrons. The molecule has 1 saturated heterocycles. The molecule has 0 saturated carbocycles. The first kappa shape index (κ1) is 20.3. The number of aromatic nitrogens is 4. The van der Waals surface area contributed by atoms with E-state index in [2.05, 4.69) is 27.2 Å². The lowest BCUT2D eigenvalue weighted by molar-refractivity contribution is -0.111. The van der Waals surface area contributed by atoms with Crippen molar-refractivity contribution < 1.29 is 9.18 Å². The van der Waals surface area contributed by atoms with Gasteiger partial charge in [0, 0.05) is 25.8 Å². The number of amides is 1. The van der Waals surface area contributed by atoms with Gasteiger partial charge >= 0.3 is 0 Å². The van der Waals surface area contributed by atoms with Crippen LogP contribution in [-0.2, 0) is 11.8 Å². The number of hydrogen-bond acceptors (Lipinski definition) is 7. The lowest BCUT2D eigenvalue weighted by Crippen LogP contribution is -2.49. The molecule has 1 aliphatic rings. The molecule has 3 aromatic rings. The van der Waals surface area contributed by atoms with Crippen LogP contribution in [0.2, 0.25) is 0 Å². The number of nitriles is 1. The number of carbonyl (C=O) groups is 1. The molecule has 0 radical (unpaired) electrons. The number of nitrogens with zero attached hydrogens (tertiary/aromatic N) is 6. The van der Waals surface area contributed by atoms with E-state index in [1.165, 1.54) is 18.5 Å². The van der Waals surface area contributed by atoms with Crippen LogP contribution in [0.5, 0.6) is 0 Å². The van der Waals surface area contributed by atoms with Crippen LogP contribution in [0.1, 0.15) is 12.0 Å². The van der Waals surface area contributed by atoms with Gasteiger partial charge in [-0.3, -0.25) is 4.79 Å². The van der Waals surface area contributed by atoms with Gasteiger partial charge in [-0.1, -0.05) is 6.58 Å². The SMILES string of the molecule is C=CC(=O)Nc1ccc2c(c1)nc(N1CC[C@@H](F)[C@@H](Nc3ncc(C#N)cn3)C1)n2C. The fourth-order valence-electron chi connectivity index (χ4n) is 3.61. The quantitative estimate of drug-likeness (QED) is 0.610. The molecule has 2 aromatic heterocycles. The monoisotopic (exact) mass is 420 g/mol. The van der Waals surface area contributed by atoms with Crippen molar-refractivity contribution in [1.29, 1.82) is 5.26 Å². The predicted molar refractivity (Wildman–Crippen MR) is 115 cm³/mol. The van der Waals surface area contributed by atoms with Crippen molar-refractivity contribution in [2.24, 2.45) is 7.05 Å². The first-order chi connectivity index (χ1) is 15.0. The molecule has 1 aromatic carbocycles. The fraction of sp³-hybridized carbons (Fsp3) is 0.286. The number of nitrogens with one attached hydrogen (secondary N) is 2. The van der Waals surface area contributed by atoms with E-state index < -0.39 is 12.2 Å². The number of aryl methyl sites for hydroxylation is 1. The lowest BCUT2D eigenvalue weighted by atomic mass is 10.0. The van der Waals surface area contributed by atoms with Crippen LogP contribution < -0.4 is 15.5 Å². The Morgan fingerprint density at radius 2 is 2.16 bits per heavy atom. The van der Waals surface area contributed by atoms with Gasteiger partial charge in [0.15, 0.2) is 0 Å². The first-order valence-electron chi connectivity index (χ1n) is 9.76. The van der Waals surface area contributed by atoms with Crippen LogP contribution in [0.15, 0.2) is 43.2 Å². The summed E-state index contributed by atoms with van der Waals surface area (Å²) >= 11 is 0. The summed E-state index contributed by atoms with van der Waals surface area (Å²) in [5.41, 5.74) is 2.59. The Morgan fingerprint density at radius 1 is 1.39 bits per heavy atom. The highest BCUT2D eigenvalue weighted by Crippen LogP contribution is 2.27. The summed E-state index contributed by atoms with van der Waals surface area (Å²) in [4.78, 5) is 26.4. The van der Waals surface area contributed by atoms with E-state index in [4.69, 9.17) is 10.2 Å². The fourth-order valence-corrected chi connectivity index (χ4v) is 3.61. The summed E-state index contributed by atoms with van der Waals surface area (Å²) in [6.07, 6.45) is 3.28. The summed E-state index contributed by atoms with van der Waals surface area (Å²) in [6, 6.07) is 6.91. The second-order valence-electron chi connectivity index (χ2n) is 7.28. The van der Waals surface area contributed by atoms with Gasteiger partial charge in [0.1, 0.15) is 12.2 Å². The number of piperidine rings is 1. The average molecular weight is 420 g/mol. The zero-order valence-corrected chi connectivity index (χ0v) is 16.9. The van der Waals surface area contributed by atoms with Crippen LogP contribution in [-0.4, -0.2) is 50.7 Å². The number of hydrogen-bond donors (Lipinski definition) is 2. The molecule has 2 atom stereocenters. The van der Waals surface area contributed by atoms with Crippen molar-refractivity contribution >= 4 is 34.5 Å². The van der Waals surface area contributed by atoms with Gasteiger partial charge in [0.05, 0.1) is 35.0 Å². The third kappa shape index (κ3) is 4.16. The van der Waals surface area contributed by atoms with Crippen LogP contribution in [0.3, 0.4) is 0 Å². The molecule has 2 N–H and O–H groups in total. The largest absolute Gasteiger partial charge is 0.347 e. The zero-order chi connectivity index (χ0) is 22.0. The highest BCUT2D eigenvalue weighted by molar-refractivity contribution is 6.00. The highest BCUT2D eigenvalue weighted by atomic mass is 19.1. The Balaban J connectivity index is 1.55. The Hall–Kier alpha value is -4.00. The number of rotatable bonds is 5. The summed E-state index contributed by atoms with van der Waals surface area (Å²) < 4.78 is 16.6. The predicted octanol–water partition coefficient (Wildman–Crippen LogP) is 2.39. The molecule has 31 heavy (non-hydrogen) atoms. The van der Waals surface area contributed by atoms with E-state index in [-0.39, 0.29) is 11.9 Å². The summed E-state index contributed by atoms with van der Waals surface area (Å²) in [5, 5.41) is 14.6. The van der Waals surface area contributed by atoms with Crippen molar-refractivity contribution in [2.75, 3.05) is 28.6 Å². The minimum absolute atomic E-state index is 0.279. The van der Waals surface area contributed by atoms with Gasteiger partial charge in [-0.15, -0.1) is 0 Å². The normalized spacial score (nSPS) is 18.4. The second kappa shape index (κ2) is 8.39. The number of carbonyl (C=O) groups excluding carboxylic acids is 1. The molecule has 0 aliphatic carbocycles. The Morgan fingerprint density at radius 3 is 2.87 bits per heavy atom. The molecule has 1 fully saturated rings. The van der Waals surface area contributed by atoms with Crippen LogP contribution in [0.25, 0.3) is 11.0 Å². The first-order valence-corrected chi connectivity index (χ1v) is 9.76. The number of benzene rings is 1. The van der Waals surface area contributed by atoms with E-state index in [0.29, 0.717) is 36.7 Å². The van der Waals surface area contributed by atoms with E-state index in [9.17, 15) is 9.18 Å². The number of halogens is 1. The Kier molecular flexibility index (Phi) is 5.49. The molecular weight excluding hydrogens is 399 g/mol. The van der Waals surface area contributed by atoms with Crippen molar-refractivity contribution in [3.8, 4) is 6.07 Å². The molecule has 1 aliphatic heterocycles. The van der Waals surface area contributed by atoms with E-state index in [0.717, 1.165) is 11.0 Å². The van der Waals surface area contributed by atoms with Crippen LogP contribution >= 0.6 is 0 Å². The van der Waals surface area contributed by atoms with E-state index in [1.807, 2.05) is 28.7 Å². The molecular formula is C21H21FN8O. The number of imidazole rings is 1. The van der Waals surface area contributed by atoms with Crippen molar-refractivity contribution in [1.82, 2.24) is 19.5 Å². The lowest BCUT2D eigenvalue weighted by Gasteiger charge is -2.35. The summed E-state index contributed by atoms with van der Waals surface area (Å²) in [6.45, 7) is 4.35. The molecule has 3 heterocycles. The van der Waals surface area contributed by atoms with E-state index in [1.54, 1.807) is 12.1 Å². The summed E-state index contributed by atoms with van der Waals surface area (Å²) in [5.74, 6) is 0.696. The highest BCUT2D eigenvalue weighted by Gasteiger charge is 2.31. The molecule has 1 amide bonds. The maximum absolute atomic E-state index is 14.6. The van der Waals surface area contributed by atoms with Crippen molar-refractivity contribution in [3.63, 3.8) is 0 Å². The second-order valence-corrected chi connectivity index (χ2v) is 7.28. The third-order valence-electron chi connectivity index (χ3n) is 5.22. The van der Waals surface area contributed by atoms with E-state index >= 15 is 0 Å². The zero-order valence-electron chi connectivity index (χ0n) is 16.9.